The predicted octanol–water partition coefficient (Wildman–Crippen LogP) is 4.66. The standard InChI is InChI=1S/C31H30ClFN4O6/c32-25-17-24-30(29(33)28(25)23-16-21(38)15-20-5-1-2-6-22(20)23)34-19-35-31(24)37-10-8-36(9-11-37)26(39)7-3-4-12-42-13-14-43-18-27(40)41/h1-3,5-7,15-17,19,38H,4,8-14,18H2,(H,40,41). The van der Waals surface area contributed by atoms with Crippen LogP contribution in [0, 0.1) is 5.82 Å². The van der Waals surface area contributed by atoms with E-state index >= 15 is 4.39 Å². The normalized spacial score (nSPS) is 13.8. The van der Waals surface area contributed by atoms with Gasteiger partial charge in [0.05, 0.1) is 24.8 Å². The largest absolute Gasteiger partial charge is 0.508 e. The Labute approximate surface area is 251 Å². The Bertz CT molecular complexity index is 1680. The number of aliphatic carboxylic acids is 1. The molecule has 0 atom stereocenters. The van der Waals surface area contributed by atoms with E-state index in [1.807, 2.05) is 29.2 Å². The van der Waals surface area contributed by atoms with Crippen LogP contribution < -0.4 is 4.90 Å². The molecular formula is C31H30ClFN4O6. The average Bonchev–Trinajstić information content (AvgIpc) is 2.99. The highest BCUT2D eigenvalue weighted by atomic mass is 35.5. The fourth-order valence-corrected chi connectivity index (χ4v) is 5.37. The van der Waals surface area contributed by atoms with E-state index in [4.69, 9.17) is 26.2 Å². The number of carbonyl (C=O) groups excluding carboxylic acids is 1. The molecule has 0 saturated carbocycles. The van der Waals surface area contributed by atoms with Crippen molar-refractivity contribution in [3.8, 4) is 16.9 Å². The summed E-state index contributed by atoms with van der Waals surface area (Å²) in [5.74, 6) is -1.21. The van der Waals surface area contributed by atoms with Crippen LogP contribution in [0.1, 0.15) is 6.42 Å². The lowest BCUT2D eigenvalue weighted by Gasteiger charge is -2.35. The number of amides is 1. The van der Waals surface area contributed by atoms with Crippen LogP contribution in [0.25, 0.3) is 32.8 Å². The summed E-state index contributed by atoms with van der Waals surface area (Å²) in [5, 5.41) is 21.0. The third-order valence-electron chi connectivity index (χ3n) is 7.09. The highest BCUT2D eigenvalue weighted by molar-refractivity contribution is 6.35. The number of carboxylic acid groups (broad SMARTS) is 1. The fraction of sp³-hybridized carbons (Fsp3) is 0.290. The number of carbonyl (C=O) groups is 2. The molecule has 1 aromatic heterocycles. The maximum Gasteiger partial charge on any atom is 0.329 e. The van der Waals surface area contributed by atoms with E-state index in [0.29, 0.717) is 56.0 Å². The fourth-order valence-electron chi connectivity index (χ4n) is 5.08. The SMILES string of the molecule is O=C(O)COCCOCCC=CC(=O)N1CCN(c2ncnc3c(F)c(-c4cc(O)cc5ccccc45)c(Cl)cc23)CC1. The summed E-state index contributed by atoms with van der Waals surface area (Å²) in [6.07, 6.45) is 5.11. The van der Waals surface area contributed by atoms with Crippen molar-refractivity contribution < 1.29 is 33.7 Å². The Morgan fingerprint density at radius 2 is 1.77 bits per heavy atom. The Morgan fingerprint density at radius 3 is 2.56 bits per heavy atom. The molecule has 0 aliphatic carbocycles. The molecule has 43 heavy (non-hydrogen) atoms. The first-order chi connectivity index (χ1) is 20.8. The molecule has 10 nitrogen and oxygen atoms in total. The maximum absolute atomic E-state index is 16.1. The second-order valence-electron chi connectivity index (χ2n) is 9.92. The van der Waals surface area contributed by atoms with E-state index in [9.17, 15) is 14.7 Å². The first kappa shape index (κ1) is 30.1. The number of hydrogen-bond acceptors (Lipinski definition) is 8. The van der Waals surface area contributed by atoms with Crippen molar-refractivity contribution >= 4 is 51.0 Å². The van der Waals surface area contributed by atoms with Crippen molar-refractivity contribution in [1.29, 1.82) is 0 Å². The Hall–Kier alpha value is -4.32. The number of anilines is 1. The summed E-state index contributed by atoms with van der Waals surface area (Å²) in [6.45, 7) is 2.38. The molecule has 1 amide bonds. The molecule has 1 saturated heterocycles. The van der Waals surface area contributed by atoms with E-state index in [0.717, 1.165) is 10.8 Å². The van der Waals surface area contributed by atoms with Gasteiger partial charge in [-0.1, -0.05) is 41.9 Å². The van der Waals surface area contributed by atoms with Gasteiger partial charge in [0.15, 0.2) is 5.82 Å². The number of aromatic hydroxyl groups is 1. The predicted molar refractivity (Wildman–Crippen MR) is 161 cm³/mol. The lowest BCUT2D eigenvalue weighted by atomic mass is 9.96. The van der Waals surface area contributed by atoms with Gasteiger partial charge in [0.25, 0.3) is 0 Å². The number of fused-ring (bicyclic) bond motifs is 2. The van der Waals surface area contributed by atoms with E-state index in [1.165, 1.54) is 18.5 Å². The highest BCUT2D eigenvalue weighted by Gasteiger charge is 2.25. The molecular weight excluding hydrogens is 579 g/mol. The number of hydrogen-bond donors (Lipinski definition) is 2. The van der Waals surface area contributed by atoms with Gasteiger partial charge >= 0.3 is 5.97 Å². The molecule has 0 radical (unpaired) electrons. The number of aromatic nitrogens is 2. The number of halogens is 2. The molecule has 0 bridgehead atoms. The van der Waals surface area contributed by atoms with Gasteiger partial charge in [0, 0.05) is 37.1 Å². The first-order valence-electron chi connectivity index (χ1n) is 13.8. The van der Waals surface area contributed by atoms with Crippen LogP contribution in [0.3, 0.4) is 0 Å². The lowest BCUT2D eigenvalue weighted by molar-refractivity contribution is -0.142. The number of nitrogens with zero attached hydrogens (tertiary/aromatic N) is 4. The minimum atomic E-state index is -1.03. The van der Waals surface area contributed by atoms with Crippen LogP contribution in [-0.4, -0.2) is 89.6 Å². The second-order valence-corrected chi connectivity index (χ2v) is 10.3. The quantitative estimate of drug-likeness (QED) is 0.185. The maximum atomic E-state index is 16.1. The average molecular weight is 609 g/mol. The van der Waals surface area contributed by atoms with Gasteiger partial charge in [-0.2, -0.15) is 0 Å². The number of carboxylic acids is 1. The molecule has 1 fully saturated rings. The van der Waals surface area contributed by atoms with E-state index in [-0.39, 0.29) is 47.6 Å². The van der Waals surface area contributed by atoms with E-state index < -0.39 is 11.8 Å². The molecule has 2 N–H and O–H groups in total. The minimum Gasteiger partial charge on any atom is -0.508 e. The van der Waals surface area contributed by atoms with Crippen LogP contribution in [-0.2, 0) is 19.1 Å². The molecule has 12 heteroatoms. The van der Waals surface area contributed by atoms with Crippen molar-refractivity contribution in [3.05, 3.63) is 71.8 Å². The lowest BCUT2D eigenvalue weighted by Crippen LogP contribution is -2.48. The summed E-state index contributed by atoms with van der Waals surface area (Å²) in [5.41, 5.74) is 0.746. The van der Waals surface area contributed by atoms with Crippen LogP contribution >= 0.6 is 11.6 Å². The van der Waals surface area contributed by atoms with Crippen LogP contribution in [0.15, 0.2) is 60.9 Å². The Balaban J connectivity index is 1.24. The van der Waals surface area contributed by atoms with Crippen molar-refractivity contribution in [3.63, 3.8) is 0 Å². The van der Waals surface area contributed by atoms with Crippen LogP contribution in [0.4, 0.5) is 10.2 Å². The molecule has 5 rings (SSSR count). The number of phenols is 1. The molecule has 2 heterocycles. The zero-order chi connectivity index (χ0) is 30.3. The van der Waals surface area contributed by atoms with Gasteiger partial charge in [0.2, 0.25) is 5.91 Å². The molecule has 1 aliphatic rings. The summed E-state index contributed by atoms with van der Waals surface area (Å²) >= 11 is 6.69. The summed E-state index contributed by atoms with van der Waals surface area (Å²) in [4.78, 5) is 35.4. The van der Waals surface area contributed by atoms with Crippen molar-refractivity contribution in [2.24, 2.45) is 0 Å². The Kier molecular flexibility index (Phi) is 9.65. The van der Waals surface area contributed by atoms with Gasteiger partial charge in [0.1, 0.15) is 30.0 Å². The van der Waals surface area contributed by atoms with Crippen molar-refractivity contribution in [2.45, 2.75) is 6.42 Å². The number of phenolic OH excluding ortho intramolecular Hbond substituents is 1. The van der Waals surface area contributed by atoms with Gasteiger partial charge in [-0.3, -0.25) is 4.79 Å². The third kappa shape index (κ3) is 7.02. The van der Waals surface area contributed by atoms with E-state index in [2.05, 4.69) is 9.97 Å². The number of piperazine rings is 1. The van der Waals surface area contributed by atoms with Gasteiger partial charge in [-0.05, 0) is 47.0 Å². The highest BCUT2D eigenvalue weighted by Crippen LogP contribution is 2.41. The number of rotatable bonds is 11. The number of ether oxygens (including phenoxy) is 2. The zero-order valence-electron chi connectivity index (χ0n) is 23.2. The molecule has 1 aliphatic heterocycles. The van der Waals surface area contributed by atoms with Crippen molar-refractivity contribution in [2.75, 3.05) is 57.5 Å². The van der Waals surface area contributed by atoms with Gasteiger partial charge in [-0.15, -0.1) is 0 Å². The summed E-state index contributed by atoms with van der Waals surface area (Å²) in [7, 11) is 0. The molecule has 0 spiro atoms. The van der Waals surface area contributed by atoms with E-state index in [1.54, 1.807) is 23.1 Å². The van der Waals surface area contributed by atoms with Crippen LogP contribution in [0.5, 0.6) is 5.75 Å². The smallest absolute Gasteiger partial charge is 0.329 e. The Morgan fingerprint density at radius 1 is 1.00 bits per heavy atom. The molecule has 4 aromatic rings. The molecule has 224 valence electrons. The second kappa shape index (κ2) is 13.8. The molecule has 3 aromatic carbocycles. The minimum absolute atomic E-state index is 0.00306. The first-order valence-corrected chi connectivity index (χ1v) is 14.1. The third-order valence-corrected chi connectivity index (χ3v) is 7.39. The summed E-state index contributed by atoms with van der Waals surface area (Å²) < 4.78 is 26.3. The summed E-state index contributed by atoms with van der Waals surface area (Å²) in [6, 6.07) is 12.1. The zero-order valence-corrected chi connectivity index (χ0v) is 24.0. The van der Waals surface area contributed by atoms with Gasteiger partial charge < -0.3 is 29.5 Å². The monoisotopic (exact) mass is 608 g/mol. The van der Waals surface area contributed by atoms with Crippen LogP contribution in [0.2, 0.25) is 5.02 Å². The molecule has 0 unspecified atom stereocenters. The number of benzene rings is 3. The van der Waals surface area contributed by atoms with Gasteiger partial charge in [-0.25, -0.2) is 19.2 Å². The van der Waals surface area contributed by atoms with Crippen molar-refractivity contribution in [1.82, 2.24) is 14.9 Å². The topological polar surface area (TPSA) is 125 Å².